The van der Waals surface area contributed by atoms with E-state index < -0.39 is 0 Å². The summed E-state index contributed by atoms with van der Waals surface area (Å²) in [4.78, 5) is 4.35. The highest BCUT2D eigenvalue weighted by molar-refractivity contribution is 5.76. The molecule has 104 valence electrons. The lowest BCUT2D eigenvalue weighted by molar-refractivity contribution is 0.493. The van der Waals surface area contributed by atoms with Gasteiger partial charge in [0.1, 0.15) is 0 Å². The van der Waals surface area contributed by atoms with Crippen LogP contribution in [0.2, 0.25) is 0 Å². The molecule has 20 heavy (non-hydrogen) atoms. The minimum Gasteiger partial charge on any atom is -0.441 e. The first kappa shape index (κ1) is 12.9. The molecule has 3 rings (SSSR count). The van der Waals surface area contributed by atoms with E-state index in [-0.39, 0.29) is 0 Å². The summed E-state index contributed by atoms with van der Waals surface area (Å²) in [5.41, 5.74) is 2.01. The summed E-state index contributed by atoms with van der Waals surface area (Å²) >= 11 is 0. The summed E-state index contributed by atoms with van der Waals surface area (Å²) in [6, 6.07) is 5.97. The van der Waals surface area contributed by atoms with Gasteiger partial charge < -0.3 is 9.73 Å². The zero-order chi connectivity index (χ0) is 13.8. The Morgan fingerprint density at radius 2 is 2.25 bits per heavy atom. The van der Waals surface area contributed by atoms with Crippen molar-refractivity contribution in [3.05, 3.63) is 42.7 Å². The largest absolute Gasteiger partial charge is 0.441 e. The Bertz CT molecular complexity index is 686. The average Bonchev–Trinajstić information content (AvgIpc) is 3.10. The summed E-state index contributed by atoms with van der Waals surface area (Å²) in [6.45, 7) is 4.10. The van der Waals surface area contributed by atoms with Crippen molar-refractivity contribution in [2.75, 3.05) is 13.1 Å². The lowest BCUT2D eigenvalue weighted by Crippen LogP contribution is -2.14. The molecule has 3 aromatic rings. The predicted octanol–water partition coefficient (Wildman–Crippen LogP) is 2.53. The molecule has 0 amide bonds. The van der Waals surface area contributed by atoms with Gasteiger partial charge in [0.2, 0.25) is 0 Å². The van der Waals surface area contributed by atoms with Crippen LogP contribution in [0.1, 0.15) is 19.2 Å². The maximum Gasteiger partial charge on any atom is 0.194 e. The molecule has 0 aliphatic rings. The SMILES string of the molecule is CCNCCCc1ncc(-c2cnn3ccccc23)o1. The number of rotatable bonds is 6. The zero-order valence-electron chi connectivity index (χ0n) is 11.5. The molecule has 0 radical (unpaired) electrons. The van der Waals surface area contributed by atoms with Crippen molar-refractivity contribution in [3.63, 3.8) is 0 Å². The van der Waals surface area contributed by atoms with Crippen molar-refractivity contribution in [1.82, 2.24) is 19.9 Å². The molecule has 0 aliphatic heterocycles. The second-order valence-corrected chi connectivity index (χ2v) is 4.66. The van der Waals surface area contributed by atoms with E-state index in [1.54, 1.807) is 6.20 Å². The molecular formula is C15H18N4O. The van der Waals surface area contributed by atoms with Crippen LogP contribution < -0.4 is 5.32 Å². The average molecular weight is 270 g/mol. The third-order valence-electron chi connectivity index (χ3n) is 3.24. The van der Waals surface area contributed by atoms with Crippen molar-refractivity contribution >= 4 is 5.52 Å². The first-order valence-electron chi connectivity index (χ1n) is 6.96. The number of hydrogen-bond acceptors (Lipinski definition) is 4. The molecule has 0 saturated heterocycles. The molecular weight excluding hydrogens is 252 g/mol. The third-order valence-corrected chi connectivity index (χ3v) is 3.24. The van der Waals surface area contributed by atoms with Crippen LogP contribution in [0, 0.1) is 0 Å². The molecule has 0 aromatic carbocycles. The number of fused-ring (bicyclic) bond motifs is 1. The summed E-state index contributed by atoms with van der Waals surface area (Å²) in [5, 5.41) is 7.60. The predicted molar refractivity (Wildman–Crippen MR) is 77.6 cm³/mol. The normalized spacial score (nSPS) is 11.2. The topological polar surface area (TPSA) is 55.4 Å². The highest BCUT2D eigenvalue weighted by atomic mass is 16.4. The maximum atomic E-state index is 5.82. The van der Waals surface area contributed by atoms with Crippen LogP contribution in [-0.4, -0.2) is 27.7 Å². The van der Waals surface area contributed by atoms with E-state index in [0.29, 0.717) is 0 Å². The van der Waals surface area contributed by atoms with Crippen molar-refractivity contribution in [1.29, 1.82) is 0 Å². The fourth-order valence-corrected chi connectivity index (χ4v) is 2.22. The van der Waals surface area contributed by atoms with Crippen LogP contribution in [0.25, 0.3) is 16.8 Å². The van der Waals surface area contributed by atoms with E-state index in [1.807, 2.05) is 35.1 Å². The van der Waals surface area contributed by atoms with Crippen LogP contribution in [0.4, 0.5) is 0 Å². The number of oxazole rings is 1. The van der Waals surface area contributed by atoms with Crippen LogP contribution >= 0.6 is 0 Å². The van der Waals surface area contributed by atoms with E-state index in [4.69, 9.17) is 4.42 Å². The highest BCUT2D eigenvalue weighted by Gasteiger charge is 2.11. The quantitative estimate of drug-likeness (QED) is 0.699. The number of hydrogen-bond donors (Lipinski definition) is 1. The second-order valence-electron chi connectivity index (χ2n) is 4.66. The number of nitrogens with zero attached hydrogens (tertiary/aromatic N) is 3. The van der Waals surface area contributed by atoms with E-state index in [0.717, 1.165) is 48.7 Å². The minimum atomic E-state index is 0.782. The zero-order valence-corrected chi connectivity index (χ0v) is 11.5. The van der Waals surface area contributed by atoms with Gasteiger partial charge in [-0.3, -0.25) is 0 Å². The molecule has 0 spiro atoms. The number of nitrogens with one attached hydrogen (secondary N) is 1. The molecule has 0 unspecified atom stereocenters. The lowest BCUT2D eigenvalue weighted by Gasteiger charge is -1.98. The van der Waals surface area contributed by atoms with Gasteiger partial charge in [0.15, 0.2) is 11.7 Å². The van der Waals surface area contributed by atoms with Gasteiger partial charge in [0.25, 0.3) is 0 Å². The highest BCUT2D eigenvalue weighted by Crippen LogP contribution is 2.25. The Labute approximate surface area is 117 Å². The Morgan fingerprint density at radius 1 is 1.30 bits per heavy atom. The third kappa shape index (κ3) is 2.58. The Hall–Kier alpha value is -2.14. The van der Waals surface area contributed by atoms with Crippen LogP contribution in [0.15, 0.2) is 41.2 Å². The number of aromatic nitrogens is 3. The van der Waals surface area contributed by atoms with Crippen molar-refractivity contribution in [2.45, 2.75) is 19.8 Å². The van der Waals surface area contributed by atoms with E-state index >= 15 is 0 Å². The first-order chi connectivity index (χ1) is 9.88. The smallest absolute Gasteiger partial charge is 0.194 e. The van der Waals surface area contributed by atoms with Gasteiger partial charge in [0.05, 0.1) is 23.5 Å². The van der Waals surface area contributed by atoms with Crippen LogP contribution in [-0.2, 0) is 6.42 Å². The van der Waals surface area contributed by atoms with Crippen LogP contribution in [0.5, 0.6) is 0 Å². The second kappa shape index (κ2) is 5.88. The van der Waals surface area contributed by atoms with Gasteiger partial charge >= 0.3 is 0 Å². The van der Waals surface area contributed by atoms with E-state index in [9.17, 15) is 0 Å². The molecule has 0 aliphatic carbocycles. The van der Waals surface area contributed by atoms with Gasteiger partial charge in [-0.15, -0.1) is 0 Å². The van der Waals surface area contributed by atoms with Crippen molar-refractivity contribution in [3.8, 4) is 11.3 Å². The van der Waals surface area contributed by atoms with Gasteiger partial charge in [-0.25, -0.2) is 9.50 Å². The van der Waals surface area contributed by atoms with E-state index in [1.165, 1.54) is 0 Å². The molecule has 0 bridgehead atoms. The van der Waals surface area contributed by atoms with Crippen molar-refractivity contribution < 1.29 is 4.42 Å². The molecule has 0 atom stereocenters. The first-order valence-corrected chi connectivity index (χ1v) is 6.96. The van der Waals surface area contributed by atoms with E-state index in [2.05, 4.69) is 22.3 Å². The molecule has 3 aromatic heterocycles. The van der Waals surface area contributed by atoms with Gasteiger partial charge in [-0.2, -0.15) is 5.10 Å². The Morgan fingerprint density at radius 3 is 3.15 bits per heavy atom. The van der Waals surface area contributed by atoms with Gasteiger partial charge in [0, 0.05) is 12.6 Å². The van der Waals surface area contributed by atoms with Crippen LogP contribution in [0.3, 0.4) is 0 Å². The summed E-state index contributed by atoms with van der Waals surface area (Å²) in [5.74, 6) is 1.57. The fourth-order valence-electron chi connectivity index (χ4n) is 2.22. The maximum absolute atomic E-state index is 5.82. The number of aryl methyl sites for hydroxylation is 1. The van der Waals surface area contributed by atoms with Crippen molar-refractivity contribution in [2.24, 2.45) is 0 Å². The fraction of sp³-hybridized carbons (Fsp3) is 0.333. The molecule has 5 heteroatoms. The molecule has 5 nitrogen and oxygen atoms in total. The Kier molecular flexibility index (Phi) is 3.78. The molecule has 0 fully saturated rings. The molecule has 1 N–H and O–H groups in total. The van der Waals surface area contributed by atoms with Gasteiger partial charge in [-0.05, 0) is 31.6 Å². The summed E-state index contributed by atoms with van der Waals surface area (Å²) in [7, 11) is 0. The molecule has 3 heterocycles. The summed E-state index contributed by atoms with van der Waals surface area (Å²) < 4.78 is 7.66. The minimum absolute atomic E-state index is 0.782. The monoisotopic (exact) mass is 270 g/mol. The summed E-state index contributed by atoms with van der Waals surface area (Å²) in [6.07, 6.45) is 7.41. The lowest BCUT2D eigenvalue weighted by atomic mass is 10.2. The number of pyridine rings is 1. The van der Waals surface area contributed by atoms with Gasteiger partial charge in [-0.1, -0.05) is 13.0 Å². The molecule has 0 saturated carbocycles. The Balaban J connectivity index is 1.76. The standard InChI is InChI=1S/C15H18N4O/c1-2-16-8-5-7-15-17-11-14(20-15)12-10-18-19-9-4-3-6-13(12)19/h3-4,6,9-11,16H,2,5,7-8H2,1H3.